The van der Waals surface area contributed by atoms with Gasteiger partial charge in [-0.15, -0.1) is 0 Å². The van der Waals surface area contributed by atoms with E-state index in [1.54, 1.807) is 20.8 Å². The lowest BCUT2D eigenvalue weighted by Gasteiger charge is -2.23. The summed E-state index contributed by atoms with van der Waals surface area (Å²) < 4.78 is 5.20. The van der Waals surface area contributed by atoms with Crippen LogP contribution >= 0.6 is 0 Å². The van der Waals surface area contributed by atoms with E-state index in [-0.39, 0.29) is 6.61 Å². The molecule has 0 rings (SSSR count). The van der Waals surface area contributed by atoms with E-state index in [4.69, 9.17) is 15.6 Å². The number of amides is 2. The molecule has 2 amide bonds. The first kappa shape index (κ1) is 15.4. The fourth-order valence-electron chi connectivity index (χ4n) is 0.953. The van der Waals surface area contributed by atoms with Crippen LogP contribution in [0.1, 0.15) is 20.8 Å². The number of carboxylic acid groups (broad SMARTS) is 1. The lowest BCUT2D eigenvalue weighted by molar-refractivity contribution is -0.150. The summed E-state index contributed by atoms with van der Waals surface area (Å²) in [6.45, 7) is 3.99. The number of nitrogens with two attached hydrogens (primary N) is 1. The second-order valence-electron chi connectivity index (χ2n) is 4.51. The molecule has 7 heteroatoms. The van der Waals surface area contributed by atoms with E-state index in [0.29, 0.717) is 0 Å². The number of aliphatic carboxylic acids is 1. The van der Waals surface area contributed by atoms with E-state index < -0.39 is 36.5 Å². The van der Waals surface area contributed by atoms with Crippen LogP contribution in [-0.2, 0) is 19.1 Å². The highest BCUT2D eigenvalue weighted by atomic mass is 16.5. The summed E-state index contributed by atoms with van der Waals surface area (Å²) in [5.74, 6) is -2.56. The van der Waals surface area contributed by atoms with Crippen molar-refractivity contribution in [2.45, 2.75) is 26.4 Å². The summed E-state index contributed by atoms with van der Waals surface area (Å²) in [4.78, 5) is 33.6. The first-order chi connectivity index (χ1) is 7.61. The Kier molecular flexibility index (Phi) is 5.60. The number of ether oxygens (including phenoxy) is 1. The Morgan fingerprint density at radius 2 is 1.76 bits per heavy atom. The van der Waals surface area contributed by atoms with E-state index in [1.807, 2.05) is 0 Å². The Morgan fingerprint density at radius 1 is 1.24 bits per heavy atom. The molecule has 0 heterocycles. The third kappa shape index (κ3) is 8.21. The minimum atomic E-state index is -1.21. The summed E-state index contributed by atoms with van der Waals surface area (Å²) in [5.41, 5.74) is 4.41. The third-order valence-electron chi connectivity index (χ3n) is 1.65. The van der Waals surface area contributed by atoms with Gasteiger partial charge in [-0.1, -0.05) is 0 Å². The molecule has 0 spiro atoms. The average Bonchev–Trinajstić information content (AvgIpc) is 2.10. The highest BCUT2D eigenvalue weighted by Gasteiger charge is 2.21. The Labute approximate surface area is 99.5 Å². The first-order valence-electron chi connectivity index (χ1n) is 5.03. The van der Waals surface area contributed by atoms with Gasteiger partial charge >= 0.3 is 5.97 Å². The summed E-state index contributed by atoms with van der Waals surface area (Å²) in [7, 11) is 0. The number of nitrogens with zero attached hydrogens (tertiary/aromatic N) is 1. The second kappa shape index (κ2) is 6.19. The molecule has 0 aliphatic carbocycles. The molecule has 0 aliphatic heterocycles. The molecule has 0 radical (unpaired) electrons. The van der Waals surface area contributed by atoms with E-state index in [0.717, 1.165) is 4.90 Å². The van der Waals surface area contributed by atoms with Gasteiger partial charge in [0.1, 0.15) is 19.7 Å². The van der Waals surface area contributed by atoms with Gasteiger partial charge in [0.05, 0.1) is 5.60 Å². The molecule has 0 aliphatic rings. The zero-order valence-electron chi connectivity index (χ0n) is 10.2. The van der Waals surface area contributed by atoms with E-state index in [1.165, 1.54) is 0 Å². The predicted octanol–water partition coefficient (Wildman–Crippen LogP) is -0.800. The number of carbonyl (C=O) groups excluding carboxylic acids is 2. The van der Waals surface area contributed by atoms with E-state index in [9.17, 15) is 14.4 Å². The minimum absolute atomic E-state index is 0.288. The summed E-state index contributed by atoms with van der Waals surface area (Å²) >= 11 is 0. The van der Waals surface area contributed by atoms with Gasteiger partial charge in [-0.25, -0.2) is 0 Å². The monoisotopic (exact) mass is 246 g/mol. The summed E-state index contributed by atoms with van der Waals surface area (Å²) in [5, 5.41) is 8.59. The number of hydrogen-bond donors (Lipinski definition) is 2. The summed E-state index contributed by atoms with van der Waals surface area (Å²) in [6, 6.07) is 0. The van der Waals surface area contributed by atoms with Gasteiger partial charge in [0.2, 0.25) is 11.8 Å². The summed E-state index contributed by atoms with van der Waals surface area (Å²) in [6.07, 6.45) is 0. The average molecular weight is 246 g/mol. The highest BCUT2D eigenvalue weighted by Crippen LogP contribution is 2.06. The van der Waals surface area contributed by atoms with Crippen LogP contribution in [0.15, 0.2) is 0 Å². The van der Waals surface area contributed by atoms with Crippen molar-refractivity contribution >= 4 is 17.8 Å². The molecular formula is C10H18N2O5. The maximum Gasteiger partial charge on any atom is 0.323 e. The maximum atomic E-state index is 11.6. The molecule has 0 unspecified atom stereocenters. The Balaban J connectivity index is 4.42. The molecule has 7 nitrogen and oxygen atoms in total. The van der Waals surface area contributed by atoms with Gasteiger partial charge in [-0.2, -0.15) is 0 Å². The van der Waals surface area contributed by atoms with Gasteiger partial charge in [-0.05, 0) is 20.8 Å². The number of primary amides is 1. The van der Waals surface area contributed by atoms with Crippen LogP contribution in [0, 0.1) is 0 Å². The maximum absolute atomic E-state index is 11.6. The van der Waals surface area contributed by atoms with Crippen molar-refractivity contribution in [2.24, 2.45) is 5.73 Å². The minimum Gasteiger partial charge on any atom is -0.480 e. The van der Waals surface area contributed by atoms with Crippen LogP contribution < -0.4 is 5.73 Å². The molecule has 0 aromatic carbocycles. The molecule has 17 heavy (non-hydrogen) atoms. The first-order valence-corrected chi connectivity index (χ1v) is 5.03. The SMILES string of the molecule is CC(C)(C)OCC(=O)N(CC(N)=O)CC(=O)O. The Bertz CT molecular complexity index is 292. The fourth-order valence-corrected chi connectivity index (χ4v) is 0.953. The van der Waals surface area contributed by atoms with Crippen LogP contribution in [0.4, 0.5) is 0 Å². The number of carbonyl (C=O) groups is 3. The zero-order valence-corrected chi connectivity index (χ0v) is 10.2. The quantitative estimate of drug-likeness (QED) is 0.637. The Hall–Kier alpha value is -1.63. The topological polar surface area (TPSA) is 110 Å². The van der Waals surface area contributed by atoms with Crippen molar-refractivity contribution in [1.29, 1.82) is 0 Å². The molecule has 0 aromatic heterocycles. The van der Waals surface area contributed by atoms with Crippen molar-refractivity contribution in [3.8, 4) is 0 Å². The number of carboxylic acids is 1. The molecule has 98 valence electrons. The van der Waals surface area contributed by atoms with Gasteiger partial charge in [0.15, 0.2) is 0 Å². The van der Waals surface area contributed by atoms with E-state index in [2.05, 4.69) is 0 Å². The van der Waals surface area contributed by atoms with Gasteiger partial charge in [-0.3, -0.25) is 14.4 Å². The normalized spacial score (nSPS) is 11.0. The molecule has 0 saturated heterocycles. The molecule has 0 fully saturated rings. The molecule has 0 aromatic rings. The highest BCUT2D eigenvalue weighted by molar-refractivity contribution is 5.87. The van der Waals surface area contributed by atoms with Crippen LogP contribution in [0.2, 0.25) is 0 Å². The molecule has 3 N–H and O–H groups in total. The van der Waals surface area contributed by atoms with Gasteiger partial charge < -0.3 is 20.5 Å². The van der Waals surface area contributed by atoms with Crippen LogP contribution in [0.25, 0.3) is 0 Å². The molecule has 0 saturated carbocycles. The van der Waals surface area contributed by atoms with Gasteiger partial charge in [0, 0.05) is 0 Å². The largest absolute Gasteiger partial charge is 0.480 e. The number of rotatable bonds is 6. The molecule has 0 atom stereocenters. The van der Waals surface area contributed by atoms with Crippen LogP contribution in [-0.4, -0.2) is 53.1 Å². The van der Waals surface area contributed by atoms with Crippen LogP contribution in [0.3, 0.4) is 0 Å². The zero-order chi connectivity index (χ0) is 13.6. The third-order valence-corrected chi connectivity index (χ3v) is 1.65. The molecule has 0 bridgehead atoms. The fraction of sp³-hybridized carbons (Fsp3) is 0.700. The van der Waals surface area contributed by atoms with Crippen molar-refractivity contribution in [3.05, 3.63) is 0 Å². The number of hydrogen-bond acceptors (Lipinski definition) is 4. The van der Waals surface area contributed by atoms with Crippen molar-refractivity contribution in [2.75, 3.05) is 19.7 Å². The lowest BCUT2D eigenvalue weighted by Crippen LogP contribution is -2.44. The van der Waals surface area contributed by atoms with E-state index >= 15 is 0 Å². The van der Waals surface area contributed by atoms with Crippen LogP contribution in [0.5, 0.6) is 0 Å². The smallest absolute Gasteiger partial charge is 0.323 e. The van der Waals surface area contributed by atoms with Crippen molar-refractivity contribution in [1.82, 2.24) is 4.90 Å². The Morgan fingerprint density at radius 3 is 2.12 bits per heavy atom. The lowest BCUT2D eigenvalue weighted by atomic mass is 10.2. The molecular weight excluding hydrogens is 228 g/mol. The predicted molar refractivity (Wildman–Crippen MR) is 59.1 cm³/mol. The standard InChI is InChI=1S/C10H18N2O5/c1-10(2,3)17-6-8(14)12(4-7(11)13)5-9(15)16/h4-6H2,1-3H3,(H2,11,13)(H,15,16). The second-order valence-corrected chi connectivity index (χ2v) is 4.51. The van der Waals surface area contributed by atoms with Gasteiger partial charge in [0.25, 0.3) is 0 Å². The van der Waals surface area contributed by atoms with Crippen molar-refractivity contribution in [3.63, 3.8) is 0 Å². The van der Waals surface area contributed by atoms with Crippen molar-refractivity contribution < 1.29 is 24.2 Å².